The number of pyridine rings is 1. The van der Waals surface area contributed by atoms with Crippen LogP contribution in [0.4, 0.5) is 5.13 Å². The molecule has 0 bridgehead atoms. The van der Waals surface area contributed by atoms with Crippen LogP contribution in [0.3, 0.4) is 0 Å². The molecule has 1 N–H and O–H groups in total. The first kappa shape index (κ1) is 24.4. The normalized spacial score (nSPS) is 15.4. The molecule has 0 aliphatic heterocycles. The van der Waals surface area contributed by atoms with E-state index in [2.05, 4.69) is 56.2 Å². The molecule has 176 valence electrons. The fourth-order valence-electron chi connectivity index (χ4n) is 4.19. The van der Waals surface area contributed by atoms with Crippen LogP contribution in [0.1, 0.15) is 56.0 Å². The second-order valence-corrected chi connectivity index (χ2v) is 11.9. The third-order valence-electron chi connectivity index (χ3n) is 6.36. The third kappa shape index (κ3) is 5.86. The molecule has 1 aromatic carbocycles. The lowest BCUT2D eigenvalue weighted by Crippen LogP contribution is -2.27. The number of hydrogen-bond donors (Lipinski definition) is 1. The molecule has 1 atom stereocenters. The van der Waals surface area contributed by atoms with E-state index in [-0.39, 0.29) is 11.3 Å². The first-order valence-electron chi connectivity index (χ1n) is 11.6. The van der Waals surface area contributed by atoms with E-state index < -0.39 is 0 Å². The first-order chi connectivity index (χ1) is 16.2. The summed E-state index contributed by atoms with van der Waals surface area (Å²) >= 11 is 2.91. The van der Waals surface area contributed by atoms with Crippen LogP contribution >= 0.6 is 23.1 Å². The van der Waals surface area contributed by atoms with Crippen LogP contribution in [0, 0.1) is 29.6 Å². The molecule has 5 nitrogen and oxygen atoms in total. The van der Waals surface area contributed by atoms with E-state index in [1.165, 1.54) is 34.2 Å². The van der Waals surface area contributed by atoms with E-state index in [4.69, 9.17) is 4.98 Å². The van der Waals surface area contributed by atoms with Crippen molar-refractivity contribution in [2.24, 2.45) is 11.3 Å². The highest BCUT2D eigenvalue weighted by molar-refractivity contribution is 7.99. The van der Waals surface area contributed by atoms with Crippen molar-refractivity contribution < 1.29 is 4.79 Å². The average molecular weight is 491 g/mol. The summed E-state index contributed by atoms with van der Waals surface area (Å²) in [5, 5.41) is 15.9. The largest absolute Gasteiger partial charge is 0.302 e. The SMILES string of the molecule is Cc1ccc(-c2csc(NC(=O)CCSc3nc4c(cc3C#N)CC(C(C)(C)C)CC4)n2)cc1. The van der Waals surface area contributed by atoms with Crippen molar-refractivity contribution in [2.45, 2.75) is 58.4 Å². The smallest absolute Gasteiger partial charge is 0.226 e. The Morgan fingerprint density at radius 2 is 2.03 bits per heavy atom. The van der Waals surface area contributed by atoms with E-state index in [1.54, 1.807) is 0 Å². The predicted octanol–water partition coefficient (Wildman–Crippen LogP) is 6.66. The average Bonchev–Trinajstić information content (AvgIpc) is 3.26. The number of hydrogen-bond acceptors (Lipinski definition) is 6. The van der Waals surface area contributed by atoms with Crippen molar-refractivity contribution in [1.29, 1.82) is 5.26 Å². The summed E-state index contributed by atoms with van der Waals surface area (Å²) < 4.78 is 0. The first-order valence-corrected chi connectivity index (χ1v) is 13.5. The Morgan fingerprint density at radius 1 is 1.26 bits per heavy atom. The third-order valence-corrected chi connectivity index (χ3v) is 8.11. The number of thioether (sulfide) groups is 1. The van der Waals surface area contributed by atoms with Crippen LogP contribution in [-0.4, -0.2) is 21.6 Å². The Bertz CT molecular complexity index is 1220. The quantitative estimate of drug-likeness (QED) is 0.391. The minimum atomic E-state index is -0.0817. The molecule has 1 unspecified atom stereocenters. The zero-order chi connectivity index (χ0) is 24.3. The van der Waals surface area contributed by atoms with Crippen LogP contribution < -0.4 is 5.32 Å². The number of anilines is 1. The molecule has 2 aromatic heterocycles. The van der Waals surface area contributed by atoms with Crippen molar-refractivity contribution in [3.05, 3.63) is 58.1 Å². The Balaban J connectivity index is 1.33. The Hall–Kier alpha value is -2.69. The number of carbonyl (C=O) groups excluding carboxylic acids is 1. The van der Waals surface area contributed by atoms with Gasteiger partial charge < -0.3 is 5.32 Å². The number of amides is 1. The summed E-state index contributed by atoms with van der Waals surface area (Å²) in [5.41, 5.74) is 6.28. The molecule has 0 fully saturated rings. The van der Waals surface area contributed by atoms with Crippen molar-refractivity contribution in [2.75, 3.05) is 11.1 Å². The number of rotatable bonds is 6. The van der Waals surface area contributed by atoms with Crippen LogP contribution in [0.2, 0.25) is 0 Å². The molecule has 0 saturated carbocycles. The number of thiazole rings is 1. The van der Waals surface area contributed by atoms with E-state index in [0.29, 0.717) is 28.8 Å². The van der Waals surface area contributed by atoms with Gasteiger partial charge in [0.1, 0.15) is 11.1 Å². The number of benzene rings is 1. The van der Waals surface area contributed by atoms with Crippen molar-refractivity contribution >= 4 is 34.1 Å². The number of nitrogens with one attached hydrogen (secondary N) is 1. The van der Waals surface area contributed by atoms with Crippen molar-refractivity contribution in [3.8, 4) is 17.3 Å². The molecule has 0 saturated heterocycles. The van der Waals surface area contributed by atoms with Gasteiger partial charge in [-0.25, -0.2) is 9.97 Å². The summed E-state index contributed by atoms with van der Waals surface area (Å²) in [6, 6.07) is 12.5. The van der Waals surface area contributed by atoms with Gasteiger partial charge in [0.15, 0.2) is 5.13 Å². The highest BCUT2D eigenvalue weighted by Crippen LogP contribution is 2.38. The zero-order valence-corrected chi connectivity index (χ0v) is 21.8. The van der Waals surface area contributed by atoms with Gasteiger partial charge in [-0.15, -0.1) is 23.1 Å². The lowest BCUT2D eigenvalue weighted by molar-refractivity contribution is -0.115. The fourth-order valence-corrected chi connectivity index (χ4v) is 5.84. The van der Waals surface area contributed by atoms with Crippen molar-refractivity contribution in [1.82, 2.24) is 9.97 Å². The molecule has 7 heteroatoms. The topological polar surface area (TPSA) is 78.7 Å². The highest BCUT2D eigenvalue weighted by atomic mass is 32.2. The van der Waals surface area contributed by atoms with Gasteiger partial charge in [0, 0.05) is 28.8 Å². The monoisotopic (exact) mass is 490 g/mol. The number of carbonyl (C=O) groups is 1. The molecule has 1 amide bonds. The lowest BCUT2D eigenvalue weighted by Gasteiger charge is -2.34. The van der Waals surface area contributed by atoms with Crippen LogP contribution in [0.5, 0.6) is 0 Å². The van der Waals surface area contributed by atoms with Gasteiger partial charge in [-0.1, -0.05) is 50.6 Å². The van der Waals surface area contributed by atoms with E-state index in [1.807, 2.05) is 23.6 Å². The van der Waals surface area contributed by atoms with Gasteiger partial charge in [-0.3, -0.25) is 4.79 Å². The standard InChI is InChI=1S/C27H30N4OS2/c1-17-5-7-18(8-6-17)23-16-34-26(30-23)31-24(32)11-12-33-25-20(15-28)13-19-14-21(27(2,3)4)9-10-22(19)29-25/h5-8,13,16,21H,9-12,14H2,1-4H3,(H,30,31,32). The summed E-state index contributed by atoms with van der Waals surface area (Å²) in [6.45, 7) is 8.90. The molecular formula is C27H30N4OS2. The van der Waals surface area contributed by atoms with Crippen LogP contribution in [-0.2, 0) is 17.6 Å². The molecule has 3 aromatic rings. The maximum Gasteiger partial charge on any atom is 0.226 e. The second kappa shape index (κ2) is 10.3. The number of aromatic nitrogens is 2. The van der Waals surface area contributed by atoms with Gasteiger partial charge >= 0.3 is 0 Å². The second-order valence-electron chi connectivity index (χ2n) is 9.92. The summed E-state index contributed by atoms with van der Waals surface area (Å²) in [6.07, 6.45) is 3.39. The Kier molecular flexibility index (Phi) is 7.39. The number of fused-ring (bicyclic) bond motifs is 1. The van der Waals surface area contributed by atoms with Gasteiger partial charge in [0.05, 0.1) is 11.3 Å². The maximum atomic E-state index is 12.5. The van der Waals surface area contributed by atoms with Crippen LogP contribution in [0.25, 0.3) is 11.3 Å². The van der Waals surface area contributed by atoms with Gasteiger partial charge in [-0.05, 0) is 49.1 Å². The van der Waals surface area contributed by atoms with Crippen LogP contribution in [0.15, 0.2) is 40.7 Å². The summed E-state index contributed by atoms with van der Waals surface area (Å²) in [4.78, 5) is 21.8. The fraction of sp³-hybridized carbons (Fsp3) is 0.407. The van der Waals surface area contributed by atoms with Crippen molar-refractivity contribution in [3.63, 3.8) is 0 Å². The summed E-state index contributed by atoms with van der Waals surface area (Å²) in [5.74, 6) is 1.09. The highest BCUT2D eigenvalue weighted by Gasteiger charge is 2.30. The molecule has 4 rings (SSSR count). The number of aryl methyl sites for hydroxylation is 2. The van der Waals surface area contributed by atoms with Gasteiger partial charge in [0.25, 0.3) is 0 Å². The molecule has 0 radical (unpaired) electrons. The minimum Gasteiger partial charge on any atom is -0.302 e. The molecule has 1 aliphatic carbocycles. The van der Waals surface area contributed by atoms with E-state index >= 15 is 0 Å². The molecular weight excluding hydrogens is 460 g/mol. The maximum absolute atomic E-state index is 12.5. The number of nitrogens with zero attached hydrogens (tertiary/aromatic N) is 3. The summed E-state index contributed by atoms with van der Waals surface area (Å²) in [7, 11) is 0. The van der Waals surface area contributed by atoms with Gasteiger partial charge in [0.2, 0.25) is 5.91 Å². The zero-order valence-electron chi connectivity index (χ0n) is 20.1. The predicted molar refractivity (Wildman–Crippen MR) is 140 cm³/mol. The van der Waals surface area contributed by atoms with Gasteiger partial charge in [-0.2, -0.15) is 5.26 Å². The lowest BCUT2D eigenvalue weighted by atomic mass is 9.71. The van der Waals surface area contributed by atoms with E-state index in [0.717, 1.165) is 41.2 Å². The molecule has 34 heavy (non-hydrogen) atoms. The molecule has 1 aliphatic rings. The molecule has 2 heterocycles. The van der Waals surface area contributed by atoms with E-state index in [9.17, 15) is 10.1 Å². The minimum absolute atomic E-state index is 0.0817. The number of nitriles is 1. The Labute approximate surface area is 210 Å². The molecule has 0 spiro atoms. The Morgan fingerprint density at radius 3 is 2.74 bits per heavy atom.